The van der Waals surface area contributed by atoms with Crippen LogP contribution in [0.5, 0.6) is 5.75 Å². The van der Waals surface area contributed by atoms with E-state index in [0.717, 1.165) is 5.69 Å². The standard InChI is InChI=1S/C18H20N8O/c19-17(24-13-7-4-8-14(27)9-13)26-18(20)25-16-10-15(21-11-22-16)23-12-5-2-1-3-6-12/h1-11,18,27H,20H2,(H3,19,24,26)(H2,21,22,23,25). The number of nitrogens with one attached hydrogen (secondary N) is 3. The molecule has 1 unspecified atom stereocenters. The summed E-state index contributed by atoms with van der Waals surface area (Å²) in [6, 6.07) is 17.9. The molecule has 9 nitrogen and oxygen atoms in total. The number of aliphatic imine (C=N–C) groups is 1. The quantitative estimate of drug-likeness (QED) is 0.221. The molecule has 0 fully saturated rings. The van der Waals surface area contributed by atoms with E-state index in [9.17, 15) is 5.11 Å². The zero-order chi connectivity index (χ0) is 19.1. The van der Waals surface area contributed by atoms with Crippen LogP contribution in [0.15, 0.2) is 72.0 Å². The van der Waals surface area contributed by atoms with Crippen molar-refractivity contribution in [3.8, 4) is 5.75 Å². The van der Waals surface area contributed by atoms with Crippen molar-refractivity contribution in [1.29, 1.82) is 0 Å². The van der Waals surface area contributed by atoms with Crippen molar-refractivity contribution in [2.24, 2.45) is 16.5 Å². The number of aromatic hydroxyl groups is 1. The summed E-state index contributed by atoms with van der Waals surface area (Å²) in [4.78, 5) is 12.4. The molecule has 9 heteroatoms. The van der Waals surface area contributed by atoms with Crippen molar-refractivity contribution in [2.45, 2.75) is 6.29 Å². The topological polar surface area (TPSA) is 146 Å². The van der Waals surface area contributed by atoms with Crippen LogP contribution < -0.4 is 27.4 Å². The van der Waals surface area contributed by atoms with E-state index in [0.29, 0.717) is 17.3 Å². The third-order valence-corrected chi connectivity index (χ3v) is 3.41. The van der Waals surface area contributed by atoms with E-state index in [1.54, 1.807) is 24.3 Å². The molecular formula is C18H20N8O. The number of phenols is 1. The SMILES string of the molecule is N/C(=N\C(N)Nc1cc(Nc2ccccc2)ncn1)Nc1cccc(O)c1. The smallest absolute Gasteiger partial charge is 0.196 e. The van der Waals surface area contributed by atoms with Gasteiger partial charge in [-0.05, 0) is 24.3 Å². The lowest BCUT2D eigenvalue weighted by Crippen LogP contribution is -2.33. The summed E-state index contributed by atoms with van der Waals surface area (Å²) in [6.07, 6.45) is 0.590. The maximum atomic E-state index is 9.46. The van der Waals surface area contributed by atoms with Gasteiger partial charge in [-0.25, -0.2) is 15.0 Å². The van der Waals surface area contributed by atoms with Crippen LogP contribution in [-0.2, 0) is 0 Å². The minimum atomic E-state index is -0.825. The molecule has 0 bridgehead atoms. The fourth-order valence-corrected chi connectivity index (χ4v) is 2.27. The summed E-state index contributed by atoms with van der Waals surface area (Å²) in [7, 11) is 0. The summed E-state index contributed by atoms with van der Waals surface area (Å²) in [5.41, 5.74) is 13.3. The second-order valence-electron chi connectivity index (χ2n) is 5.56. The van der Waals surface area contributed by atoms with Crippen LogP contribution in [0.25, 0.3) is 0 Å². The number of para-hydroxylation sites is 1. The van der Waals surface area contributed by atoms with Crippen LogP contribution in [0, 0.1) is 0 Å². The van der Waals surface area contributed by atoms with Crippen LogP contribution in [0.3, 0.4) is 0 Å². The van der Waals surface area contributed by atoms with E-state index in [1.807, 2.05) is 30.3 Å². The largest absolute Gasteiger partial charge is 0.508 e. The average molecular weight is 364 g/mol. The predicted octanol–water partition coefficient (Wildman–Crippen LogP) is 2.01. The molecule has 0 aliphatic rings. The predicted molar refractivity (Wildman–Crippen MR) is 107 cm³/mol. The van der Waals surface area contributed by atoms with Gasteiger partial charge in [0.1, 0.15) is 23.7 Å². The molecule has 3 rings (SSSR count). The highest BCUT2D eigenvalue weighted by Crippen LogP contribution is 2.16. The zero-order valence-electron chi connectivity index (χ0n) is 14.4. The molecule has 0 saturated carbocycles. The summed E-state index contributed by atoms with van der Waals surface area (Å²) in [5, 5.41) is 18.4. The van der Waals surface area contributed by atoms with Gasteiger partial charge in [-0.15, -0.1) is 0 Å². The van der Waals surface area contributed by atoms with Gasteiger partial charge >= 0.3 is 0 Å². The normalized spacial score (nSPS) is 12.3. The Morgan fingerprint density at radius 3 is 2.48 bits per heavy atom. The number of rotatable bonds is 6. The third-order valence-electron chi connectivity index (χ3n) is 3.41. The Morgan fingerprint density at radius 2 is 1.70 bits per heavy atom. The number of nitrogens with zero attached hydrogens (tertiary/aromatic N) is 3. The maximum Gasteiger partial charge on any atom is 0.196 e. The third kappa shape index (κ3) is 5.58. The highest BCUT2D eigenvalue weighted by atomic mass is 16.3. The zero-order valence-corrected chi connectivity index (χ0v) is 14.4. The number of guanidine groups is 1. The Morgan fingerprint density at radius 1 is 0.963 bits per heavy atom. The highest BCUT2D eigenvalue weighted by Gasteiger charge is 2.05. The van der Waals surface area contributed by atoms with E-state index >= 15 is 0 Å². The minimum Gasteiger partial charge on any atom is -0.508 e. The monoisotopic (exact) mass is 364 g/mol. The number of aromatic nitrogens is 2. The summed E-state index contributed by atoms with van der Waals surface area (Å²) < 4.78 is 0. The first kappa shape index (κ1) is 18.0. The van der Waals surface area contributed by atoms with Crippen molar-refractivity contribution < 1.29 is 5.11 Å². The Balaban J connectivity index is 1.61. The minimum absolute atomic E-state index is 0.0947. The molecule has 1 aromatic heterocycles. The number of phenolic OH excluding ortho intramolecular Hbond substituents is 1. The highest BCUT2D eigenvalue weighted by molar-refractivity contribution is 5.92. The van der Waals surface area contributed by atoms with Crippen molar-refractivity contribution in [1.82, 2.24) is 9.97 Å². The number of nitrogens with two attached hydrogens (primary N) is 2. The molecule has 0 radical (unpaired) electrons. The first-order valence-electron chi connectivity index (χ1n) is 8.14. The van der Waals surface area contributed by atoms with Gasteiger partial charge < -0.3 is 26.8 Å². The first-order chi connectivity index (χ1) is 13.1. The fourth-order valence-electron chi connectivity index (χ4n) is 2.27. The average Bonchev–Trinajstić information content (AvgIpc) is 2.62. The van der Waals surface area contributed by atoms with Gasteiger partial charge in [0, 0.05) is 23.5 Å². The molecule has 27 heavy (non-hydrogen) atoms. The summed E-state index contributed by atoms with van der Waals surface area (Å²) >= 11 is 0. The molecule has 1 heterocycles. The van der Waals surface area contributed by atoms with E-state index in [-0.39, 0.29) is 11.7 Å². The van der Waals surface area contributed by atoms with Crippen molar-refractivity contribution in [2.75, 3.05) is 16.0 Å². The summed E-state index contributed by atoms with van der Waals surface area (Å²) in [6.45, 7) is 0. The van der Waals surface area contributed by atoms with Gasteiger partial charge in [0.25, 0.3) is 0 Å². The molecule has 2 aromatic carbocycles. The Hall–Kier alpha value is -3.85. The van der Waals surface area contributed by atoms with E-state index in [4.69, 9.17) is 11.5 Å². The number of hydrogen-bond acceptors (Lipinski definition) is 7. The van der Waals surface area contributed by atoms with E-state index < -0.39 is 6.29 Å². The van der Waals surface area contributed by atoms with Crippen molar-refractivity contribution in [3.63, 3.8) is 0 Å². The van der Waals surface area contributed by atoms with Crippen LogP contribution in [0.2, 0.25) is 0 Å². The number of hydrogen-bond donors (Lipinski definition) is 6. The lowest BCUT2D eigenvalue weighted by molar-refractivity contribution is 0.475. The molecular weight excluding hydrogens is 344 g/mol. The van der Waals surface area contributed by atoms with Crippen molar-refractivity contribution in [3.05, 3.63) is 67.0 Å². The van der Waals surface area contributed by atoms with Gasteiger partial charge in [-0.3, -0.25) is 5.73 Å². The van der Waals surface area contributed by atoms with Crippen LogP contribution in [-0.4, -0.2) is 27.3 Å². The van der Waals surface area contributed by atoms with Gasteiger partial charge in [-0.1, -0.05) is 24.3 Å². The number of anilines is 4. The molecule has 3 aromatic rings. The molecule has 8 N–H and O–H groups in total. The van der Waals surface area contributed by atoms with Crippen LogP contribution in [0.4, 0.5) is 23.0 Å². The number of benzene rings is 2. The fraction of sp³-hybridized carbons (Fsp3) is 0.0556. The Labute approximate surface area is 156 Å². The molecule has 138 valence electrons. The lowest BCUT2D eigenvalue weighted by Gasteiger charge is -2.13. The molecule has 0 spiro atoms. The van der Waals surface area contributed by atoms with Gasteiger partial charge in [0.15, 0.2) is 12.2 Å². The molecule has 0 aliphatic carbocycles. The van der Waals surface area contributed by atoms with E-state index in [2.05, 4.69) is 30.9 Å². The molecule has 1 atom stereocenters. The van der Waals surface area contributed by atoms with Crippen molar-refractivity contribution >= 4 is 29.0 Å². The van der Waals surface area contributed by atoms with Gasteiger partial charge in [-0.2, -0.15) is 0 Å². The molecule has 0 aliphatic heterocycles. The molecule has 0 saturated heterocycles. The Kier molecular flexibility index (Phi) is 5.65. The van der Waals surface area contributed by atoms with Crippen LogP contribution >= 0.6 is 0 Å². The van der Waals surface area contributed by atoms with Crippen LogP contribution in [0.1, 0.15) is 0 Å². The second-order valence-corrected chi connectivity index (χ2v) is 5.56. The lowest BCUT2D eigenvalue weighted by atomic mass is 10.3. The maximum absolute atomic E-state index is 9.46. The Bertz CT molecular complexity index is 916. The summed E-state index contributed by atoms with van der Waals surface area (Å²) in [5.74, 6) is 1.32. The van der Waals surface area contributed by atoms with E-state index in [1.165, 1.54) is 12.4 Å². The second kappa shape index (κ2) is 8.50. The molecule has 0 amide bonds. The first-order valence-corrected chi connectivity index (χ1v) is 8.14. The van der Waals surface area contributed by atoms with Gasteiger partial charge in [0.05, 0.1) is 0 Å². The van der Waals surface area contributed by atoms with Gasteiger partial charge in [0.2, 0.25) is 0 Å².